The second kappa shape index (κ2) is 6.83. The molecule has 8 heteroatoms. The first-order chi connectivity index (χ1) is 12.5. The summed E-state index contributed by atoms with van der Waals surface area (Å²) in [6.45, 7) is 7.31. The molecule has 1 fully saturated rings. The first kappa shape index (κ1) is 17.2. The van der Waals surface area contributed by atoms with Gasteiger partial charge in [0.05, 0.1) is 17.9 Å². The number of fused-ring (bicyclic) bond motifs is 1. The lowest BCUT2D eigenvalue weighted by Gasteiger charge is -2.31. The molecule has 1 N–H and O–H groups in total. The van der Waals surface area contributed by atoms with Crippen LogP contribution in [0.1, 0.15) is 66.3 Å². The normalized spacial score (nSPS) is 23.9. The molecular weight excluding hydrogens is 334 g/mol. The van der Waals surface area contributed by atoms with Gasteiger partial charge in [-0.3, -0.25) is 9.89 Å². The van der Waals surface area contributed by atoms with Crippen LogP contribution in [0.2, 0.25) is 0 Å². The number of nitrogens with zero attached hydrogens (tertiary/aromatic N) is 4. The Kier molecular flexibility index (Phi) is 4.52. The van der Waals surface area contributed by atoms with Gasteiger partial charge in [-0.1, -0.05) is 5.16 Å². The predicted octanol–water partition coefficient (Wildman–Crippen LogP) is 2.22. The number of carbonyl (C=O) groups excluding carboxylic acids is 1. The fourth-order valence-corrected chi connectivity index (χ4v) is 4.02. The number of piperidine rings is 1. The van der Waals surface area contributed by atoms with Crippen molar-refractivity contribution in [3.63, 3.8) is 0 Å². The van der Waals surface area contributed by atoms with Crippen LogP contribution in [0.4, 0.5) is 0 Å². The summed E-state index contributed by atoms with van der Waals surface area (Å²) in [5.41, 5.74) is 2.52. The average Bonchev–Trinajstić information content (AvgIpc) is 3.21. The standard InChI is InChI=1S/C18H25N5O3/c1-10-8-14-16(11(2)25-10)20-21-17(14)18(24)23-6-4-13(5-7-23)9-15-19-12(3)26-22-15/h10-11,13H,4-9H2,1-3H3,(H,20,21)/t10-,11+/m1/s1. The number of aryl methyl sites for hydroxylation is 1. The van der Waals surface area contributed by atoms with Gasteiger partial charge in [0.1, 0.15) is 0 Å². The Morgan fingerprint density at radius 3 is 2.77 bits per heavy atom. The van der Waals surface area contributed by atoms with Crippen molar-refractivity contribution in [1.29, 1.82) is 0 Å². The van der Waals surface area contributed by atoms with E-state index < -0.39 is 0 Å². The van der Waals surface area contributed by atoms with Gasteiger partial charge in [0, 0.05) is 38.4 Å². The average molecular weight is 359 g/mol. The van der Waals surface area contributed by atoms with E-state index in [1.165, 1.54) is 0 Å². The zero-order valence-electron chi connectivity index (χ0n) is 15.5. The second-order valence-electron chi connectivity index (χ2n) is 7.43. The highest BCUT2D eigenvalue weighted by Crippen LogP contribution is 2.31. The maximum Gasteiger partial charge on any atom is 0.274 e. The minimum Gasteiger partial charge on any atom is -0.369 e. The van der Waals surface area contributed by atoms with Gasteiger partial charge in [-0.05, 0) is 32.6 Å². The molecule has 8 nitrogen and oxygen atoms in total. The van der Waals surface area contributed by atoms with Crippen LogP contribution in [0.3, 0.4) is 0 Å². The first-order valence-corrected chi connectivity index (χ1v) is 9.32. The fraction of sp³-hybridized carbons (Fsp3) is 0.667. The number of amides is 1. The third-order valence-corrected chi connectivity index (χ3v) is 5.38. The zero-order valence-corrected chi connectivity index (χ0v) is 15.5. The third-order valence-electron chi connectivity index (χ3n) is 5.38. The van der Waals surface area contributed by atoms with Crippen molar-refractivity contribution in [2.75, 3.05) is 13.1 Å². The molecule has 0 bridgehead atoms. The molecule has 2 atom stereocenters. The number of aromatic nitrogens is 4. The lowest BCUT2D eigenvalue weighted by Crippen LogP contribution is -2.39. The first-order valence-electron chi connectivity index (χ1n) is 9.32. The lowest BCUT2D eigenvalue weighted by atomic mass is 9.92. The molecule has 2 aliphatic rings. The van der Waals surface area contributed by atoms with E-state index in [9.17, 15) is 4.79 Å². The Labute approximate surface area is 152 Å². The summed E-state index contributed by atoms with van der Waals surface area (Å²) in [7, 11) is 0. The molecule has 0 spiro atoms. The highest BCUT2D eigenvalue weighted by molar-refractivity contribution is 5.94. The lowest BCUT2D eigenvalue weighted by molar-refractivity contribution is -0.00703. The number of hydrogen-bond donors (Lipinski definition) is 1. The summed E-state index contributed by atoms with van der Waals surface area (Å²) >= 11 is 0. The van der Waals surface area contributed by atoms with Crippen LogP contribution in [0.15, 0.2) is 4.52 Å². The SMILES string of the molecule is Cc1nc(CC2CCN(C(=O)c3n[nH]c4c3C[C@@H](C)O[C@H]4C)CC2)no1. The van der Waals surface area contributed by atoms with Crippen LogP contribution in [0.25, 0.3) is 0 Å². The van der Waals surface area contributed by atoms with Crippen molar-refractivity contribution >= 4 is 5.91 Å². The van der Waals surface area contributed by atoms with Crippen LogP contribution in [-0.4, -0.2) is 50.3 Å². The molecule has 2 aliphatic heterocycles. The van der Waals surface area contributed by atoms with Crippen LogP contribution in [-0.2, 0) is 17.6 Å². The maximum absolute atomic E-state index is 13.0. The van der Waals surface area contributed by atoms with Crippen LogP contribution in [0.5, 0.6) is 0 Å². The van der Waals surface area contributed by atoms with Crippen molar-refractivity contribution in [2.45, 2.75) is 58.7 Å². The molecule has 2 aromatic heterocycles. The number of nitrogens with one attached hydrogen (secondary N) is 1. The number of aromatic amines is 1. The van der Waals surface area contributed by atoms with Gasteiger partial charge in [-0.25, -0.2) is 0 Å². The summed E-state index contributed by atoms with van der Waals surface area (Å²) in [5.74, 6) is 1.87. The molecule has 0 radical (unpaired) electrons. The molecule has 1 amide bonds. The van der Waals surface area contributed by atoms with Crippen molar-refractivity contribution in [3.8, 4) is 0 Å². The summed E-state index contributed by atoms with van der Waals surface area (Å²) in [4.78, 5) is 19.2. The van der Waals surface area contributed by atoms with Gasteiger partial charge in [0.2, 0.25) is 5.89 Å². The Hall–Kier alpha value is -2.22. The van der Waals surface area contributed by atoms with E-state index in [-0.39, 0.29) is 18.1 Å². The van der Waals surface area contributed by atoms with Gasteiger partial charge in [0.25, 0.3) is 5.91 Å². The van der Waals surface area contributed by atoms with E-state index in [0.717, 1.165) is 55.9 Å². The Morgan fingerprint density at radius 2 is 2.08 bits per heavy atom. The molecule has 0 saturated carbocycles. The zero-order chi connectivity index (χ0) is 18.3. The highest BCUT2D eigenvalue weighted by Gasteiger charge is 2.32. The Morgan fingerprint density at radius 1 is 1.31 bits per heavy atom. The minimum atomic E-state index is -0.0491. The summed E-state index contributed by atoms with van der Waals surface area (Å²) < 4.78 is 10.8. The molecule has 0 aliphatic carbocycles. The monoisotopic (exact) mass is 359 g/mol. The Balaban J connectivity index is 1.40. The van der Waals surface area contributed by atoms with Crippen molar-refractivity contribution < 1.29 is 14.1 Å². The van der Waals surface area contributed by atoms with E-state index in [1.54, 1.807) is 6.92 Å². The molecule has 0 unspecified atom stereocenters. The maximum atomic E-state index is 13.0. The van der Waals surface area contributed by atoms with Gasteiger partial charge in [0.15, 0.2) is 11.5 Å². The van der Waals surface area contributed by atoms with Crippen molar-refractivity contribution in [1.82, 2.24) is 25.2 Å². The molecule has 26 heavy (non-hydrogen) atoms. The number of likely N-dealkylation sites (tertiary alicyclic amines) is 1. The summed E-state index contributed by atoms with van der Waals surface area (Å²) in [5, 5.41) is 11.3. The van der Waals surface area contributed by atoms with Crippen molar-refractivity contribution in [2.24, 2.45) is 5.92 Å². The molecule has 1 saturated heterocycles. The number of hydrogen-bond acceptors (Lipinski definition) is 6. The van der Waals surface area contributed by atoms with Crippen LogP contribution < -0.4 is 0 Å². The van der Waals surface area contributed by atoms with E-state index >= 15 is 0 Å². The van der Waals surface area contributed by atoms with E-state index in [1.807, 2.05) is 18.7 Å². The fourth-order valence-electron chi connectivity index (χ4n) is 4.02. The highest BCUT2D eigenvalue weighted by atomic mass is 16.5. The topological polar surface area (TPSA) is 97.1 Å². The summed E-state index contributed by atoms with van der Waals surface area (Å²) in [6.07, 6.45) is 3.48. The quantitative estimate of drug-likeness (QED) is 0.902. The molecule has 0 aromatic carbocycles. The number of H-pyrrole nitrogens is 1. The van der Waals surface area contributed by atoms with Gasteiger partial charge in [-0.2, -0.15) is 10.1 Å². The van der Waals surface area contributed by atoms with Gasteiger partial charge < -0.3 is 14.2 Å². The largest absolute Gasteiger partial charge is 0.369 e. The molecule has 4 heterocycles. The third kappa shape index (κ3) is 3.25. The predicted molar refractivity (Wildman–Crippen MR) is 92.6 cm³/mol. The van der Waals surface area contributed by atoms with Crippen LogP contribution in [0, 0.1) is 12.8 Å². The second-order valence-corrected chi connectivity index (χ2v) is 7.43. The van der Waals surface area contributed by atoms with E-state index in [0.29, 0.717) is 17.5 Å². The van der Waals surface area contributed by atoms with Gasteiger partial charge in [-0.15, -0.1) is 0 Å². The molecule has 2 aromatic rings. The molecule has 140 valence electrons. The number of ether oxygens (including phenoxy) is 1. The van der Waals surface area contributed by atoms with Crippen molar-refractivity contribution in [3.05, 3.63) is 28.7 Å². The van der Waals surface area contributed by atoms with E-state index in [4.69, 9.17) is 9.26 Å². The number of rotatable bonds is 3. The summed E-state index contributed by atoms with van der Waals surface area (Å²) in [6, 6.07) is 0. The Bertz CT molecular complexity index is 791. The molecular formula is C18H25N5O3. The number of carbonyl (C=O) groups is 1. The van der Waals surface area contributed by atoms with Gasteiger partial charge >= 0.3 is 0 Å². The minimum absolute atomic E-state index is 0.0256. The molecule has 4 rings (SSSR count). The smallest absolute Gasteiger partial charge is 0.274 e. The van der Waals surface area contributed by atoms with Crippen LogP contribution >= 0.6 is 0 Å². The van der Waals surface area contributed by atoms with E-state index in [2.05, 4.69) is 20.3 Å².